The monoisotopic (exact) mass is 920 g/mol. The Hall–Kier alpha value is -9.72. The summed E-state index contributed by atoms with van der Waals surface area (Å²) in [5.74, 6) is 0. The molecule has 2 aliphatic rings. The lowest BCUT2D eigenvalue weighted by molar-refractivity contribution is 0.718. The van der Waals surface area contributed by atoms with Crippen LogP contribution in [-0.2, 0) is 5.41 Å². The standard InChI is InChI=1S/C62H32N8S/c63-32-36-15-21-54-44(26-36)42-8-1-4-12-52(42)68(54)39-19-24-57-47(29-39)46-28-38(34-65)17-23-56(46)69(57)40-18-20-49-59(31-40)71-58-14-6-3-10-48(58)62(49)50-11-7-25-66-60(50)61-51(62)30-41(35-67-61)70-53-13-5-2-9-43(53)45-27-37(33-64)16-22-55(45)70/h1-31,35H. The van der Waals surface area contributed by atoms with Crippen LogP contribution in [0.3, 0.4) is 0 Å². The molecule has 1 unspecified atom stereocenters. The van der Waals surface area contributed by atoms with Crippen LogP contribution in [0.2, 0.25) is 0 Å². The van der Waals surface area contributed by atoms with Crippen molar-refractivity contribution in [1.82, 2.24) is 23.7 Å². The number of nitriles is 3. The topological polar surface area (TPSA) is 112 Å². The van der Waals surface area contributed by atoms with E-state index in [1.807, 2.05) is 79.1 Å². The second-order valence-corrected chi connectivity index (χ2v) is 19.4. The number of fused-ring (bicyclic) bond motifs is 18. The molecule has 0 amide bonds. The van der Waals surface area contributed by atoms with Crippen molar-refractivity contribution >= 4 is 77.2 Å². The summed E-state index contributed by atoms with van der Waals surface area (Å²) in [4.78, 5) is 12.7. The molecule has 15 rings (SSSR count). The molecule has 0 saturated carbocycles. The van der Waals surface area contributed by atoms with Crippen LogP contribution in [0.25, 0.3) is 93.9 Å². The third-order valence-electron chi connectivity index (χ3n) is 14.8. The number of benzene rings is 8. The first kappa shape index (κ1) is 39.3. The van der Waals surface area contributed by atoms with Crippen LogP contribution in [0.4, 0.5) is 0 Å². The molecule has 1 aliphatic heterocycles. The van der Waals surface area contributed by atoms with Crippen LogP contribution in [0, 0.1) is 34.0 Å². The Morgan fingerprint density at radius 2 is 0.845 bits per heavy atom. The van der Waals surface area contributed by atoms with Crippen LogP contribution in [0.1, 0.15) is 38.9 Å². The van der Waals surface area contributed by atoms with Crippen molar-refractivity contribution in [3.05, 3.63) is 233 Å². The molecule has 1 spiro atoms. The predicted octanol–water partition coefficient (Wildman–Crippen LogP) is 14.2. The van der Waals surface area contributed by atoms with Crippen LogP contribution >= 0.6 is 11.8 Å². The second kappa shape index (κ2) is 14.4. The Morgan fingerprint density at radius 1 is 0.366 bits per heavy atom. The molecule has 13 aromatic rings. The van der Waals surface area contributed by atoms with Gasteiger partial charge in [0.1, 0.15) is 0 Å². The minimum Gasteiger partial charge on any atom is -0.309 e. The average molecular weight is 921 g/mol. The number of para-hydroxylation sites is 2. The zero-order chi connectivity index (χ0) is 47.1. The van der Waals surface area contributed by atoms with Crippen molar-refractivity contribution in [2.45, 2.75) is 15.2 Å². The molecule has 5 aromatic heterocycles. The largest absolute Gasteiger partial charge is 0.309 e. The third kappa shape index (κ3) is 5.21. The quantitative estimate of drug-likeness (QED) is 0.174. The van der Waals surface area contributed by atoms with Gasteiger partial charge in [-0.25, -0.2) is 0 Å². The number of pyridine rings is 2. The van der Waals surface area contributed by atoms with E-state index in [0.717, 1.165) is 120 Å². The number of hydrogen-bond acceptors (Lipinski definition) is 6. The maximum absolute atomic E-state index is 10.2. The van der Waals surface area contributed by atoms with E-state index in [2.05, 4.69) is 147 Å². The molecular weight excluding hydrogens is 889 g/mol. The predicted molar refractivity (Wildman–Crippen MR) is 281 cm³/mol. The molecule has 1 aliphatic carbocycles. The van der Waals surface area contributed by atoms with E-state index in [-0.39, 0.29) is 0 Å². The van der Waals surface area contributed by atoms with Gasteiger partial charge in [0.2, 0.25) is 0 Å². The number of nitrogens with zero attached hydrogens (tertiary/aromatic N) is 8. The molecule has 0 radical (unpaired) electrons. The Kier molecular flexibility index (Phi) is 7.97. The summed E-state index contributed by atoms with van der Waals surface area (Å²) in [5.41, 5.74) is 16.3. The molecule has 0 N–H and O–H groups in total. The van der Waals surface area contributed by atoms with Gasteiger partial charge in [0.15, 0.2) is 0 Å². The van der Waals surface area contributed by atoms with E-state index in [1.165, 1.54) is 5.56 Å². The molecule has 0 bridgehead atoms. The average Bonchev–Trinajstić information content (AvgIpc) is 4.14. The highest BCUT2D eigenvalue weighted by atomic mass is 32.2. The molecule has 1 atom stereocenters. The lowest BCUT2D eigenvalue weighted by Crippen LogP contribution is -2.32. The summed E-state index contributed by atoms with van der Waals surface area (Å²) in [6.45, 7) is 0. The molecule has 326 valence electrons. The summed E-state index contributed by atoms with van der Waals surface area (Å²) in [6.07, 6.45) is 3.83. The summed E-state index contributed by atoms with van der Waals surface area (Å²) >= 11 is 1.78. The fraction of sp³-hybridized carbons (Fsp3) is 0.0161. The van der Waals surface area contributed by atoms with E-state index < -0.39 is 5.41 Å². The summed E-state index contributed by atoms with van der Waals surface area (Å²) in [5, 5.41) is 36.1. The first-order valence-electron chi connectivity index (χ1n) is 23.3. The van der Waals surface area contributed by atoms with E-state index in [9.17, 15) is 15.8 Å². The maximum atomic E-state index is 10.2. The fourth-order valence-electron chi connectivity index (χ4n) is 12.0. The SMILES string of the molecule is N#Cc1ccc2c(c1)c1ccccc1n2-c1cnc2c(c1)C1(c3ccccc3Sc3cc(-n4c5ccc(C#N)cc5c5cc(-n6c7ccccc7c7cc(C#N)ccc76)ccc54)ccc31)c1cccnc1-2. The van der Waals surface area contributed by atoms with Crippen LogP contribution in [0.15, 0.2) is 204 Å². The summed E-state index contributed by atoms with van der Waals surface area (Å²) < 4.78 is 6.87. The lowest BCUT2D eigenvalue weighted by atomic mass is 9.67. The summed E-state index contributed by atoms with van der Waals surface area (Å²) in [7, 11) is 0. The zero-order valence-corrected chi connectivity index (χ0v) is 38.3. The molecule has 9 heteroatoms. The highest BCUT2D eigenvalue weighted by molar-refractivity contribution is 7.99. The first-order chi connectivity index (χ1) is 35.0. The van der Waals surface area contributed by atoms with E-state index in [0.29, 0.717) is 16.7 Å². The minimum atomic E-state index is -0.752. The molecule has 0 saturated heterocycles. The molecular formula is C62H32N8S. The van der Waals surface area contributed by atoms with Crippen molar-refractivity contribution in [3.63, 3.8) is 0 Å². The normalized spacial score (nSPS) is 14.4. The lowest BCUT2D eigenvalue weighted by Gasteiger charge is -2.39. The van der Waals surface area contributed by atoms with Crippen molar-refractivity contribution in [3.8, 4) is 46.7 Å². The Morgan fingerprint density at radius 3 is 1.49 bits per heavy atom. The van der Waals surface area contributed by atoms with Gasteiger partial charge in [-0.2, -0.15) is 15.8 Å². The van der Waals surface area contributed by atoms with Gasteiger partial charge in [0.05, 0.1) is 96.7 Å². The molecule has 71 heavy (non-hydrogen) atoms. The van der Waals surface area contributed by atoms with E-state index >= 15 is 0 Å². The minimum absolute atomic E-state index is 0.593. The van der Waals surface area contributed by atoms with Gasteiger partial charge >= 0.3 is 0 Å². The van der Waals surface area contributed by atoms with Gasteiger partial charge < -0.3 is 13.7 Å². The van der Waals surface area contributed by atoms with Crippen molar-refractivity contribution < 1.29 is 0 Å². The van der Waals surface area contributed by atoms with Crippen molar-refractivity contribution in [1.29, 1.82) is 15.8 Å². The second-order valence-electron chi connectivity index (χ2n) is 18.3. The smallest absolute Gasteiger partial charge is 0.0991 e. The fourth-order valence-corrected chi connectivity index (χ4v) is 13.2. The van der Waals surface area contributed by atoms with E-state index in [4.69, 9.17) is 9.97 Å². The van der Waals surface area contributed by atoms with Crippen LogP contribution < -0.4 is 0 Å². The van der Waals surface area contributed by atoms with Gasteiger partial charge in [-0.3, -0.25) is 9.97 Å². The van der Waals surface area contributed by atoms with Gasteiger partial charge in [-0.1, -0.05) is 78.5 Å². The number of aromatic nitrogens is 5. The van der Waals surface area contributed by atoms with Crippen molar-refractivity contribution in [2.75, 3.05) is 0 Å². The summed E-state index contributed by atoms with van der Waals surface area (Å²) in [6, 6.07) is 70.3. The van der Waals surface area contributed by atoms with Gasteiger partial charge in [-0.05, 0) is 132 Å². The van der Waals surface area contributed by atoms with Crippen LogP contribution in [0.5, 0.6) is 0 Å². The van der Waals surface area contributed by atoms with Crippen LogP contribution in [-0.4, -0.2) is 23.7 Å². The van der Waals surface area contributed by atoms with E-state index in [1.54, 1.807) is 11.8 Å². The Bertz CT molecular complexity index is 4680. The Balaban J connectivity index is 0.960. The molecule has 8 nitrogen and oxygen atoms in total. The Labute approximate surface area is 409 Å². The van der Waals surface area contributed by atoms with Crippen molar-refractivity contribution in [2.24, 2.45) is 0 Å². The maximum Gasteiger partial charge on any atom is 0.0991 e. The van der Waals surface area contributed by atoms with Gasteiger partial charge in [-0.15, -0.1) is 0 Å². The molecule has 6 heterocycles. The zero-order valence-electron chi connectivity index (χ0n) is 37.5. The number of rotatable bonds is 3. The highest BCUT2D eigenvalue weighted by Gasteiger charge is 2.52. The number of hydrogen-bond donors (Lipinski definition) is 0. The van der Waals surface area contributed by atoms with Gasteiger partial charge in [0.25, 0.3) is 0 Å². The molecule has 8 aromatic carbocycles. The molecule has 0 fully saturated rings. The first-order valence-corrected chi connectivity index (χ1v) is 24.1. The van der Waals surface area contributed by atoms with Gasteiger partial charge in [0, 0.05) is 65.2 Å². The highest BCUT2D eigenvalue weighted by Crippen LogP contribution is 2.62. The third-order valence-corrected chi connectivity index (χ3v) is 16.0.